The zero-order valence-electron chi connectivity index (χ0n) is 18.5. The molecular formula is C23H32N4O3S2. The molecule has 4 aliphatic rings. The van der Waals surface area contributed by atoms with E-state index >= 15 is 0 Å². The van der Waals surface area contributed by atoms with Crippen LogP contribution in [0.15, 0.2) is 28.3 Å². The van der Waals surface area contributed by atoms with Crippen molar-refractivity contribution in [1.29, 1.82) is 0 Å². The number of aromatic nitrogens is 2. The third-order valence-corrected chi connectivity index (χ3v) is 9.41. The van der Waals surface area contributed by atoms with Crippen molar-refractivity contribution in [3.05, 3.63) is 18.2 Å². The van der Waals surface area contributed by atoms with E-state index in [1.807, 2.05) is 0 Å². The number of hydrogen-bond acceptors (Lipinski definition) is 5. The van der Waals surface area contributed by atoms with Crippen LogP contribution in [0.4, 0.5) is 0 Å². The van der Waals surface area contributed by atoms with Crippen LogP contribution in [-0.4, -0.2) is 35.2 Å². The molecule has 6 rings (SSSR count). The van der Waals surface area contributed by atoms with Gasteiger partial charge >= 0.3 is 0 Å². The molecule has 174 valence electrons. The SMILES string of the molecule is CCCCn1c(SCC(=O)NC23CC4CC(CC(C4)C2)C3)nc2cc(S(N)(=O)=O)ccc21. The van der Waals surface area contributed by atoms with Crippen molar-refractivity contribution in [3.8, 4) is 0 Å². The van der Waals surface area contributed by atoms with Gasteiger partial charge in [0.1, 0.15) is 0 Å². The van der Waals surface area contributed by atoms with Crippen LogP contribution in [0.2, 0.25) is 0 Å². The number of benzene rings is 1. The van der Waals surface area contributed by atoms with Gasteiger partial charge in [0.15, 0.2) is 5.16 Å². The molecule has 2 aromatic rings. The van der Waals surface area contributed by atoms with E-state index in [0.717, 1.165) is 67.1 Å². The monoisotopic (exact) mass is 476 g/mol. The predicted octanol–water partition coefficient (Wildman–Crippen LogP) is 3.66. The highest BCUT2D eigenvalue weighted by atomic mass is 32.2. The van der Waals surface area contributed by atoms with E-state index in [2.05, 4.69) is 21.8 Å². The molecular weight excluding hydrogens is 444 g/mol. The van der Waals surface area contributed by atoms with E-state index in [4.69, 9.17) is 5.14 Å². The maximum absolute atomic E-state index is 13.0. The number of carbonyl (C=O) groups is 1. The third kappa shape index (κ3) is 4.31. The van der Waals surface area contributed by atoms with Crippen molar-refractivity contribution in [3.63, 3.8) is 0 Å². The number of carbonyl (C=O) groups excluding carboxylic acids is 1. The first-order chi connectivity index (χ1) is 15.2. The van der Waals surface area contributed by atoms with Crippen molar-refractivity contribution in [1.82, 2.24) is 14.9 Å². The van der Waals surface area contributed by atoms with E-state index < -0.39 is 10.0 Å². The Kier molecular flexibility index (Phi) is 5.78. The van der Waals surface area contributed by atoms with Crippen LogP contribution < -0.4 is 10.5 Å². The van der Waals surface area contributed by atoms with Gasteiger partial charge in [0.2, 0.25) is 15.9 Å². The van der Waals surface area contributed by atoms with Gasteiger partial charge in [-0.15, -0.1) is 0 Å². The van der Waals surface area contributed by atoms with Crippen molar-refractivity contribution in [2.24, 2.45) is 22.9 Å². The maximum Gasteiger partial charge on any atom is 0.238 e. The summed E-state index contributed by atoms with van der Waals surface area (Å²) in [5.41, 5.74) is 1.48. The first kappa shape index (κ1) is 22.2. The summed E-state index contributed by atoms with van der Waals surface area (Å²) in [5, 5.41) is 9.47. The number of unbranched alkanes of at least 4 members (excludes halogenated alkanes) is 1. The van der Waals surface area contributed by atoms with Crippen molar-refractivity contribution in [2.45, 2.75) is 80.4 Å². The summed E-state index contributed by atoms with van der Waals surface area (Å²) in [5.74, 6) is 2.77. The smallest absolute Gasteiger partial charge is 0.238 e. The number of imidazole rings is 1. The van der Waals surface area contributed by atoms with Gasteiger partial charge < -0.3 is 9.88 Å². The third-order valence-electron chi connectivity index (χ3n) is 7.52. The molecule has 0 aliphatic heterocycles. The molecule has 1 aromatic carbocycles. The molecule has 3 N–H and O–H groups in total. The fraction of sp³-hybridized carbons (Fsp3) is 0.652. The second-order valence-corrected chi connectivity index (χ2v) is 12.6. The molecule has 4 aliphatic carbocycles. The Balaban J connectivity index is 1.32. The number of nitrogens with two attached hydrogens (primary N) is 1. The highest BCUT2D eigenvalue weighted by Gasteiger charge is 2.51. The summed E-state index contributed by atoms with van der Waals surface area (Å²) in [4.78, 5) is 17.7. The molecule has 7 nitrogen and oxygen atoms in total. The first-order valence-corrected chi connectivity index (χ1v) is 14.2. The number of amides is 1. The summed E-state index contributed by atoms with van der Waals surface area (Å²) in [6.07, 6.45) is 9.49. The molecule has 0 atom stereocenters. The van der Waals surface area contributed by atoms with E-state index in [-0.39, 0.29) is 16.3 Å². The number of hydrogen-bond donors (Lipinski definition) is 2. The minimum Gasteiger partial charge on any atom is -0.350 e. The molecule has 4 fully saturated rings. The number of rotatable bonds is 8. The second kappa shape index (κ2) is 8.33. The largest absolute Gasteiger partial charge is 0.350 e. The zero-order valence-corrected chi connectivity index (χ0v) is 20.2. The van der Waals surface area contributed by atoms with Crippen LogP contribution in [-0.2, 0) is 21.4 Å². The van der Waals surface area contributed by atoms with Crippen LogP contribution >= 0.6 is 11.8 Å². The van der Waals surface area contributed by atoms with Crippen LogP contribution in [0.3, 0.4) is 0 Å². The molecule has 0 saturated heterocycles. The van der Waals surface area contributed by atoms with Gasteiger partial charge in [-0.3, -0.25) is 4.79 Å². The number of sulfonamides is 1. The Labute approximate surface area is 194 Å². The molecule has 0 unspecified atom stereocenters. The normalized spacial score (nSPS) is 29.0. The number of fused-ring (bicyclic) bond motifs is 1. The first-order valence-electron chi connectivity index (χ1n) is 11.7. The fourth-order valence-corrected chi connectivity index (χ4v) is 8.01. The van der Waals surface area contributed by atoms with Gasteiger partial charge in [-0.25, -0.2) is 18.5 Å². The van der Waals surface area contributed by atoms with Gasteiger partial charge in [-0.2, -0.15) is 0 Å². The number of primary sulfonamides is 1. The lowest BCUT2D eigenvalue weighted by Gasteiger charge is -2.56. The lowest BCUT2D eigenvalue weighted by Crippen LogP contribution is -2.60. The Hall–Kier alpha value is -1.58. The van der Waals surface area contributed by atoms with Crippen LogP contribution in [0, 0.1) is 17.8 Å². The van der Waals surface area contributed by atoms with E-state index in [1.165, 1.54) is 43.2 Å². The van der Waals surface area contributed by atoms with Gasteiger partial charge in [0.05, 0.1) is 21.7 Å². The summed E-state index contributed by atoms with van der Waals surface area (Å²) in [6.45, 7) is 2.91. The quantitative estimate of drug-likeness (QED) is 0.566. The van der Waals surface area contributed by atoms with Gasteiger partial charge in [-0.05, 0) is 80.9 Å². The summed E-state index contributed by atoms with van der Waals surface area (Å²) >= 11 is 1.43. The lowest BCUT2D eigenvalue weighted by atomic mass is 9.53. The van der Waals surface area contributed by atoms with E-state index in [0.29, 0.717) is 11.3 Å². The standard InChI is InChI=1S/C23H32N4O3S2/c1-2-3-6-27-20-5-4-18(32(24,29)30)10-19(20)25-22(27)31-14-21(28)26-23-11-15-7-16(12-23)9-17(8-15)13-23/h4-5,10,15-17H,2-3,6-9,11-14H2,1H3,(H,26,28)(H2,24,29,30). The van der Waals surface area contributed by atoms with Gasteiger partial charge in [0.25, 0.3) is 0 Å². The minimum absolute atomic E-state index is 0.0130. The molecule has 1 aromatic heterocycles. The zero-order chi connectivity index (χ0) is 22.5. The molecule has 4 bridgehead atoms. The van der Waals surface area contributed by atoms with E-state index in [9.17, 15) is 13.2 Å². The van der Waals surface area contributed by atoms with Crippen LogP contribution in [0.25, 0.3) is 11.0 Å². The van der Waals surface area contributed by atoms with E-state index in [1.54, 1.807) is 6.07 Å². The lowest BCUT2D eigenvalue weighted by molar-refractivity contribution is -0.124. The van der Waals surface area contributed by atoms with Gasteiger partial charge in [0, 0.05) is 12.1 Å². The number of aryl methyl sites for hydroxylation is 1. The highest BCUT2D eigenvalue weighted by molar-refractivity contribution is 7.99. The summed E-state index contributed by atoms with van der Waals surface area (Å²) in [6, 6.07) is 4.81. The molecule has 32 heavy (non-hydrogen) atoms. The Bertz CT molecular complexity index is 1110. The van der Waals surface area contributed by atoms with Crippen molar-refractivity contribution >= 4 is 38.7 Å². The average Bonchev–Trinajstić information content (AvgIpc) is 3.05. The maximum atomic E-state index is 13.0. The van der Waals surface area contributed by atoms with Crippen LogP contribution in [0.1, 0.15) is 58.3 Å². The topological polar surface area (TPSA) is 107 Å². The minimum atomic E-state index is -3.79. The molecule has 1 heterocycles. The average molecular weight is 477 g/mol. The Morgan fingerprint density at radius 1 is 1.22 bits per heavy atom. The molecule has 9 heteroatoms. The van der Waals surface area contributed by atoms with Crippen molar-refractivity contribution < 1.29 is 13.2 Å². The van der Waals surface area contributed by atoms with Crippen molar-refractivity contribution in [2.75, 3.05) is 5.75 Å². The Morgan fingerprint density at radius 2 is 1.88 bits per heavy atom. The predicted molar refractivity (Wildman–Crippen MR) is 126 cm³/mol. The second-order valence-electron chi connectivity index (χ2n) is 10.1. The summed E-state index contributed by atoms with van der Waals surface area (Å²) < 4.78 is 25.6. The number of nitrogens with one attached hydrogen (secondary N) is 1. The molecule has 1 amide bonds. The van der Waals surface area contributed by atoms with Crippen LogP contribution in [0.5, 0.6) is 0 Å². The molecule has 0 spiro atoms. The molecule has 4 saturated carbocycles. The molecule has 0 radical (unpaired) electrons. The fourth-order valence-electron chi connectivity index (χ4n) is 6.63. The van der Waals surface area contributed by atoms with Gasteiger partial charge in [-0.1, -0.05) is 25.1 Å². The Morgan fingerprint density at radius 3 is 2.47 bits per heavy atom. The highest BCUT2D eigenvalue weighted by Crippen LogP contribution is 2.55. The number of nitrogens with zero attached hydrogens (tertiary/aromatic N) is 2. The summed E-state index contributed by atoms with van der Waals surface area (Å²) in [7, 11) is -3.79. The number of thioether (sulfide) groups is 1.